The summed E-state index contributed by atoms with van der Waals surface area (Å²) in [5.74, 6) is 0.107. The second-order valence-electron chi connectivity index (χ2n) is 6.06. The fourth-order valence-corrected chi connectivity index (χ4v) is 2.81. The van der Waals surface area contributed by atoms with E-state index in [4.69, 9.17) is 0 Å². The zero-order valence-corrected chi connectivity index (χ0v) is 13.1. The summed E-state index contributed by atoms with van der Waals surface area (Å²) in [4.78, 5) is 20.1. The van der Waals surface area contributed by atoms with Crippen molar-refractivity contribution in [3.8, 4) is 0 Å². The van der Waals surface area contributed by atoms with E-state index in [-0.39, 0.29) is 5.91 Å². The number of likely N-dealkylation sites (tertiary alicyclic amines) is 1. The number of fused-ring (bicyclic) bond motifs is 1. The Bertz CT molecular complexity index is 670. The summed E-state index contributed by atoms with van der Waals surface area (Å²) in [7, 11) is 1.89. The van der Waals surface area contributed by atoms with E-state index >= 15 is 0 Å². The van der Waals surface area contributed by atoms with Crippen molar-refractivity contribution in [2.45, 2.75) is 20.3 Å². The molecule has 0 unspecified atom stereocenters. The molecule has 2 aromatic rings. The lowest BCUT2D eigenvalue weighted by Gasteiger charge is -2.32. The minimum absolute atomic E-state index is 0.107. The van der Waals surface area contributed by atoms with Crippen molar-refractivity contribution >= 4 is 16.8 Å². The lowest BCUT2D eigenvalue weighted by atomic mass is 10.1. The molecular weight excluding hydrogens is 262 g/mol. The normalized spacial score (nSPS) is 15.2. The molecule has 1 aromatic carbocycles. The van der Waals surface area contributed by atoms with Crippen molar-refractivity contribution in [1.29, 1.82) is 0 Å². The highest BCUT2D eigenvalue weighted by atomic mass is 16.2. The third-order valence-electron chi connectivity index (χ3n) is 4.60. The molecule has 0 spiro atoms. The zero-order chi connectivity index (χ0) is 15.0. The molecule has 1 fully saturated rings. The first kappa shape index (κ1) is 14.1. The SMILES string of the molecule is Cc1[nH]c2ccc(C(=O)N(C)CCN3CCC3)cc2c1C. The van der Waals surface area contributed by atoms with Crippen LogP contribution in [-0.2, 0) is 0 Å². The van der Waals surface area contributed by atoms with Gasteiger partial charge in [-0.1, -0.05) is 0 Å². The Kier molecular flexibility index (Phi) is 3.72. The molecule has 2 heterocycles. The Hall–Kier alpha value is -1.81. The van der Waals surface area contributed by atoms with Crippen LogP contribution in [0.4, 0.5) is 0 Å². The Morgan fingerprint density at radius 1 is 1.33 bits per heavy atom. The van der Waals surface area contributed by atoms with Crippen molar-refractivity contribution in [3.63, 3.8) is 0 Å². The number of hydrogen-bond acceptors (Lipinski definition) is 2. The highest BCUT2D eigenvalue weighted by Crippen LogP contribution is 2.22. The van der Waals surface area contributed by atoms with E-state index < -0.39 is 0 Å². The van der Waals surface area contributed by atoms with Crippen LogP contribution in [0.2, 0.25) is 0 Å². The third kappa shape index (κ3) is 2.68. The predicted octanol–water partition coefficient (Wildman–Crippen LogP) is 2.56. The number of aromatic amines is 1. The van der Waals surface area contributed by atoms with Gasteiger partial charge in [-0.25, -0.2) is 0 Å². The summed E-state index contributed by atoms with van der Waals surface area (Å²) in [6.07, 6.45) is 1.29. The zero-order valence-electron chi connectivity index (χ0n) is 13.1. The van der Waals surface area contributed by atoms with Crippen LogP contribution in [-0.4, -0.2) is 53.9 Å². The number of benzene rings is 1. The van der Waals surface area contributed by atoms with Gasteiger partial charge in [0.25, 0.3) is 5.91 Å². The number of hydrogen-bond donors (Lipinski definition) is 1. The molecule has 1 saturated heterocycles. The number of aromatic nitrogens is 1. The number of nitrogens with one attached hydrogen (secondary N) is 1. The molecule has 3 rings (SSSR count). The van der Waals surface area contributed by atoms with Crippen LogP contribution in [0.1, 0.15) is 28.0 Å². The molecule has 0 radical (unpaired) electrons. The average molecular weight is 285 g/mol. The molecule has 1 aliphatic rings. The van der Waals surface area contributed by atoms with Gasteiger partial charge in [0, 0.05) is 42.3 Å². The van der Waals surface area contributed by atoms with Crippen LogP contribution >= 0.6 is 0 Å². The van der Waals surface area contributed by atoms with E-state index in [1.165, 1.54) is 30.8 Å². The summed E-state index contributed by atoms with van der Waals surface area (Å²) in [5.41, 5.74) is 4.27. The molecule has 0 atom stereocenters. The molecule has 112 valence electrons. The van der Waals surface area contributed by atoms with Crippen molar-refractivity contribution in [2.75, 3.05) is 33.2 Å². The summed E-state index contributed by atoms with van der Waals surface area (Å²) in [6, 6.07) is 5.93. The highest BCUT2D eigenvalue weighted by Gasteiger charge is 2.17. The molecule has 1 N–H and O–H groups in total. The van der Waals surface area contributed by atoms with Gasteiger partial charge in [0.15, 0.2) is 0 Å². The second-order valence-corrected chi connectivity index (χ2v) is 6.06. The van der Waals surface area contributed by atoms with Gasteiger partial charge < -0.3 is 14.8 Å². The third-order valence-corrected chi connectivity index (χ3v) is 4.60. The minimum atomic E-state index is 0.107. The molecular formula is C17H23N3O. The molecule has 4 nitrogen and oxygen atoms in total. The largest absolute Gasteiger partial charge is 0.358 e. The maximum Gasteiger partial charge on any atom is 0.253 e. The monoisotopic (exact) mass is 285 g/mol. The summed E-state index contributed by atoms with van der Waals surface area (Å²) in [6.45, 7) is 8.28. The Balaban J connectivity index is 1.75. The van der Waals surface area contributed by atoms with Gasteiger partial charge >= 0.3 is 0 Å². The lowest BCUT2D eigenvalue weighted by Crippen LogP contribution is -2.43. The van der Waals surface area contributed by atoms with E-state index in [2.05, 4.69) is 23.7 Å². The van der Waals surface area contributed by atoms with Crippen molar-refractivity contribution in [1.82, 2.24) is 14.8 Å². The lowest BCUT2D eigenvalue weighted by molar-refractivity contribution is 0.0758. The maximum atomic E-state index is 12.5. The smallest absolute Gasteiger partial charge is 0.253 e. The van der Waals surface area contributed by atoms with E-state index in [1.54, 1.807) is 0 Å². The van der Waals surface area contributed by atoms with E-state index in [0.717, 1.165) is 29.6 Å². The second kappa shape index (κ2) is 5.53. The number of carbonyl (C=O) groups excluding carboxylic acids is 1. The van der Waals surface area contributed by atoms with Gasteiger partial charge in [0.2, 0.25) is 0 Å². The van der Waals surface area contributed by atoms with Gasteiger partial charge in [0.05, 0.1) is 0 Å². The fraction of sp³-hybridized carbons (Fsp3) is 0.471. The van der Waals surface area contributed by atoms with Crippen LogP contribution in [0.25, 0.3) is 10.9 Å². The molecule has 1 aromatic heterocycles. The summed E-state index contributed by atoms with van der Waals surface area (Å²) >= 11 is 0. The Labute approximate surface area is 125 Å². The van der Waals surface area contributed by atoms with Crippen LogP contribution < -0.4 is 0 Å². The molecule has 1 aliphatic heterocycles. The van der Waals surface area contributed by atoms with Crippen molar-refractivity contribution < 1.29 is 4.79 Å². The van der Waals surface area contributed by atoms with Crippen LogP contribution in [0.15, 0.2) is 18.2 Å². The van der Waals surface area contributed by atoms with Crippen LogP contribution in [0.3, 0.4) is 0 Å². The topological polar surface area (TPSA) is 39.3 Å². The van der Waals surface area contributed by atoms with Gasteiger partial charge in [-0.15, -0.1) is 0 Å². The van der Waals surface area contributed by atoms with Gasteiger partial charge in [0.1, 0.15) is 0 Å². The number of rotatable bonds is 4. The minimum Gasteiger partial charge on any atom is -0.358 e. The van der Waals surface area contributed by atoms with Gasteiger partial charge in [-0.3, -0.25) is 4.79 Å². The molecule has 4 heteroatoms. The van der Waals surface area contributed by atoms with E-state index in [9.17, 15) is 4.79 Å². The number of likely N-dealkylation sites (N-methyl/N-ethyl adjacent to an activating group) is 1. The molecule has 21 heavy (non-hydrogen) atoms. The number of carbonyl (C=O) groups is 1. The predicted molar refractivity (Wildman–Crippen MR) is 85.8 cm³/mol. The standard InChI is InChI=1S/C17H23N3O/c1-12-13(2)18-16-6-5-14(11-15(12)16)17(21)19(3)9-10-20-7-4-8-20/h5-6,11,18H,4,7-10H2,1-3H3. The van der Waals surface area contributed by atoms with Crippen molar-refractivity contribution in [2.24, 2.45) is 0 Å². The molecule has 0 bridgehead atoms. The first-order chi connectivity index (χ1) is 10.1. The molecule has 1 amide bonds. The first-order valence-corrected chi connectivity index (χ1v) is 7.63. The van der Waals surface area contributed by atoms with Crippen LogP contribution in [0.5, 0.6) is 0 Å². The van der Waals surface area contributed by atoms with E-state index in [0.29, 0.717) is 0 Å². The highest BCUT2D eigenvalue weighted by molar-refractivity contribution is 5.98. The van der Waals surface area contributed by atoms with E-state index in [1.807, 2.05) is 30.1 Å². The summed E-state index contributed by atoms with van der Waals surface area (Å²) in [5, 5.41) is 1.15. The average Bonchev–Trinajstić information content (AvgIpc) is 2.71. The Morgan fingerprint density at radius 3 is 2.76 bits per heavy atom. The maximum absolute atomic E-state index is 12.5. The molecule has 0 saturated carbocycles. The fourth-order valence-electron chi connectivity index (χ4n) is 2.81. The number of nitrogens with zero attached hydrogens (tertiary/aromatic N) is 2. The number of H-pyrrole nitrogens is 1. The quantitative estimate of drug-likeness (QED) is 0.937. The Morgan fingerprint density at radius 2 is 2.10 bits per heavy atom. The van der Waals surface area contributed by atoms with Gasteiger partial charge in [-0.05, 0) is 57.1 Å². The van der Waals surface area contributed by atoms with Gasteiger partial charge in [-0.2, -0.15) is 0 Å². The number of aryl methyl sites for hydroxylation is 2. The van der Waals surface area contributed by atoms with Crippen LogP contribution in [0, 0.1) is 13.8 Å². The summed E-state index contributed by atoms with van der Waals surface area (Å²) < 4.78 is 0. The number of amides is 1. The van der Waals surface area contributed by atoms with Crippen molar-refractivity contribution in [3.05, 3.63) is 35.0 Å². The molecule has 0 aliphatic carbocycles. The first-order valence-electron chi connectivity index (χ1n) is 7.63.